The summed E-state index contributed by atoms with van der Waals surface area (Å²) in [5.41, 5.74) is 0. The highest BCUT2D eigenvalue weighted by Gasteiger charge is 2.23. The molecule has 2 saturated heterocycles. The van der Waals surface area contributed by atoms with Crippen molar-refractivity contribution in [3.8, 4) is 0 Å². The predicted octanol–water partition coefficient (Wildman–Crippen LogP) is 2.71. The number of nitrogens with one attached hydrogen (secondary N) is 1. The van der Waals surface area contributed by atoms with E-state index in [1.165, 1.54) is 4.88 Å². The van der Waals surface area contributed by atoms with Crippen LogP contribution in [0.5, 0.6) is 0 Å². The fourth-order valence-corrected chi connectivity index (χ4v) is 4.43. The summed E-state index contributed by atoms with van der Waals surface area (Å²) >= 11 is 7.69. The van der Waals surface area contributed by atoms with Crippen LogP contribution in [0.15, 0.2) is 24.4 Å². The van der Waals surface area contributed by atoms with E-state index in [0.717, 1.165) is 68.5 Å². The fourth-order valence-electron chi connectivity index (χ4n) is 3.30. The van der Waals surface area contributed by atoms with Crippen LogP contribution in [0.25, 0.3) is 0 Å². The Hall–Kier alpha value is -1.41. The monoisotopic (exact) mass is 379 g/mol. The number of morpholine rings is 1. The molecule has 0 saturated carbocycles. The Bertz CT molecular complexity index is 706. The van der Waals surface area contributed by atoms with Gasteiger partial charge in [0.25, 0.3) is 0 Å². The molecule has 1 N–H and O–H groups in total. The number of likely N-dealkylation sites (tertiary alicyclic amines) is 1. The SMILES string of the molecule is Clc1ccc(CN2CCC(Nc3ccnc(N4CCOCC4)n3)C2)s1. The van der Waals surface area contributed by atoms with Crippen LogP contribution in [0.4, 0.5) is 11.8 Å². The second-order valence-electron chi connectivity index (χ2n) is 6.41. The first kappa shape index (κ1) is 17.0. The van der Waals surface area contributed by atoms with Gasteiger partial charge in [0, 0.05) is 49.8 Å². The van der Waals surface area contributed by atoms with E-state index in [2.05, 4.69) is 31.2 Å². The molecule has 0 aromatic carbocycles. The summed E-state index contributed by atoms with van der Waals surface area (Å²) in [5.74, 6) is 1.69. The van der Waals surface area contributed by atoms with Gasteiger partial charge in [0.1, 0.15) is 5.82 Å². The highest BCUT2D eigenvalue weighted by atomic mass is 35.5. The average Bonchev–Trinajstić information content (AvgIpc) is 3.25. The number of aromatic nitrogens is 2. The minimum atomic E-state index is 0.419. The number of hydrogen-bond donors (Lipinski definition) is 1. The average molecular weight is 380 g/mol. The number of hydrogen-bond acceptors (Lipinski definition) is 7. The Labute approximate surface area is 156 Å². The maximum atomic E-state index is 6.02. The summed E-state index contributed by atoms with van der Waals surface area (Å²) in [5, 5.41) is 3.57. The van der Waals surface area contributed by atoms with Crippen LogP contribution in [0.2, 0.25) is 4.34 Å². The van der Waals surface area contributed by atoms with Crippen molar-refractivity contribution in [2.24, 2.45) is 0 Å². The third-order valence-electron chi connectivity index (χ3n) is 4.57. The number of nitrogens with zero attached hydrogens (tertiary/aromatic N) is 4. The Morgan fingerprint density at radius 2 is 2.12 bits per heavy atom. The number of anilines is 2. The van der Waals surface area contributed by atoms with E-state index in [-0.39, 0.29) is 0 Å². The van der Waals surface area contributed by atoms with E-state index in [9.17, 15) is 0 Å². The van der Waals surface area contributed by atoms with E-state index in [1.54, 1.807) is 11.3 Å². The third-order valence-corrected chi connectivity index (χ3v) is 5.79. The van der Waals surface area contributed by atoms with Crippen molar-refractivity contribution in [1.82, 2.24) is 14.9 Å². The van der Waals surface area contributed by atoms with Crippen molar-refractivity contribution < 1.29 is 4.74 Å². The first-order valence-electron chi connectivity index (χ1n) is 8.65. The summed E-state index contributed by atoms with van der Waals surface area (Å²) in [6.07, 6.45) is 2.95. The van der Waals surface area contributed by atoms with Gasteiger partial charge < -0.3 is 15.0 Å². The van der Waals surface area contributed by atoms with Crippen molar-refractivity contribution in [1.29, 1.82) is 0 Å². The molecule has 2 aliphatic rings. The zero-order chi connectivity index (χ0) is 17.1. The van der Waals surface area contributed by atoms with Crippen LogP contribution in [0, 0.1) is 0 Å². The molecule has 1 atom stereocenters. The van der Waals surface area contributed by atoms with Gasteiger partial charge in [0.05, 0.1) is 17.6 Å². The maximum absolute atomic E-state index is 6.02. The topological polar surface area (TPSA) is 53.5 Å². The van der Waals surface area contributed by atoms with Crippen LogP contribution in [0.1, 0.15) is 11.3 Å². The molecule has 0 spiro atoms. The number of rotatable bonds is 5. The minimum Gasteiger partial charge on any atom is -0.378 e. The molecule has 134 valence electrons. The molecule has 8 heteroatoms. The largest absolute Gasteiger partial charge is 0.378 e. The standard InChI is InChI=1S/C17H22ClN5OS/c18-15-2-1-14(25-15)12-22-6-4-13(11-22)20-16-3-5-19-17(21-16)23-7-9-24-10-8-23/h1-3,5,13H,4,6-12H2,(H,19,20,21). The third kappa shape index (κ3) is 4.41. The second-order valence-corrected chi connectivity index (χ2v) is 8.21. The van der Waals surface area contributed by atoms with E-state index in [0.29, 0.717) is 6.04 Å². The zero-order valence-electron chi connectivity index (χ0n) is 14.0. The molecule has 2 fully saturated rings. The molecule has 2 aromatic rings. The fraction of sp³-hybridized carbons (Fsp3) is 0.529. The molecular formula is C17H22ClN5OS. The molecule has 25 heavy (non-hydrogen) atoms. The zero-order valence-corrected chi connectivity index (χ0v) is 15.6. The van der Waals surface area contributed by atoms with Gasteiger partial charge in [-0.1, -0.05) is 11.6 Å². The number of thiophene rings is 1. The van der Waals surface area contributed by atoms with E-state index < -0.39 is 0 Å². The molecule has 1 unspecified atom stereocenters. The van der Waals surface area contributed by atoms with E-state index in [4.69, 9.17) is 16.3 Å². The highest BCUT2D eigenvalue weighted by molar-refractivity contribution is 7.16. The van der Waals surface area contributed by atoms with Gasteiger partial charge in [-0.3, -0.25) is 4.90 Å². The highest BCUT2D eigenvalue weighted by Crippen LogP contribution is 2.25. The van der Waals surface area contributed by atoms with Crippen molar-refractivity contribution in [2.45, 2.75) is 19.0 Å². The normalized spacial score (nSPS) is 21.6. The van der Waals surface area contributed by atoms with Gasteiger partial charge in [0.15, 0.2) is 0 Å². The molecule has 0 bridgehead atoms. The molecule has 4 heterocycles. The maximum Gasteiger partial charge on any atom is 0.227 e. The Balaban J connectivity index is 1.33. The quantitative estimate of drug-likeness (QED) is 0.862. The molecule has 2 aliphatic heterocycles. The Morgan fingerprint density at radius 3 is 2.92 bits per heavy atom. The van der Waals surface area contributed by atoms with E-state index in [1.807, 2.05) is 18.3 Å². The first-order valence-corrected chi connectivity index (χ1v) is 9.84. The van der Waals surface area contributed by atoms with Gasteiger partial charge in [0.2, 0.25) is 5.95 Å². The molecule has 6 nitrogen and oxygen atoms in total. The molecule has 2 aromatic heterocycles. The van der Waals surface area contributed by atoms with Crippen molar-refractivity contribution in [2.75, 3.05) is 49.6 Å². The van der Waals surface area contributed by atoms with Gasteiger partial charge in [-0.05, 0) is 24.6 Å². The predicted molar refractivity (Wildman–Crippen MR) is 102 cm³/mol. The van der Waals surface area contributed by atoms with Crippen LogP contribution < -0.4 is 10.2 Å². The Kier molecular flexibility index (Phi) is 5.36. The summed E-state index contributed by atoms with van der Waals surface area (Å²) in [6, 6.07) is 6.46. The van der Waals surface area contributed by atoms with Gasteiger partial charge in [-0.15, -0.1) is 11.3 Å². The van der Waals surface area contributed by atoms with Crippen molar-refractivity contribution in [3.63, 3.8) is 0 Å². The van der Waals surface area contributed by atoms with Crippen LogP contribution in [-0.2, 0) is 11.3 Å². The minimum absolute atomic E-state index is 0.419. The molecule has 0 aliphatic carbocycles. The molecule has 0 radical (unpaired) electrons. The molecule has 0 amide bonds. The van der Waals surface area contributed by atoms with Crippen LogP contribution in [0.3, 0.4) is 0 Å². The number of ether oxygens (including phenoxy) is 1. The lowest BCUT2D eigenvalue weighted by molar-refractivity contribution is 0.122. The van der Waals surface area contributed by atoms with Gasteiger partial charge >= 0.3 is 0 Å². The number of halogens is 1. The molecule has 4 rings (SSSR count). The summed E-state index contributed by atoms with van der Waals surface area (Å²) in [7, 11) is 0. The van der Waals surface area contributed by atoms with Crippen molar-refractivity contribution >= 4 is 34.7 Å². The van der Waals surface area contributed by atoms with Gasteiger partial charge in [-0.25, -0.2) is 4.98 Å². The summed E-state index contributed by atoms with van der Waals surface area (Å²) in [6.45, 7) is 6.27. The lowest BCUT2D eigenvalue weighted by atomic mass is 10.2. The van der Waals surface area contributed by atoms with Crippen molar-refractivity contribution in [3.05, 3.63) is 33.6 Å². The lowest BCUT2D eigenvalue weighted by Gasteiger charge is -2.27. The lowest BCUT2D eigenvalue weighted by Crippen LogP contribution is -2.37. The van der Waals surface area contributed by atoms with Crippen LogP contribution >= 0.6 is 22.9 Å². The Morgan fingerprint density at radius 1 is 1.24 bits per heavy atom. The smallest absolute Gasteiger partial charge is 0.227 e. The molecular weight excluding hydrogens is 358 g/mol. The van der Waals surface area contributed by atoms with Crippen LogP contribution in [-0.4, -0.2) is 60.3 Å². The first-order chi connectivity index (χ1) is 12.3. The summed E-state index contributed by atoms with van der Waals surface area (Å²) in [4.78, 5) is 15.1. The van der Waals surface area contributed by atoms with Gasteiger partial charge in [-0.2, -0.15) is 4.98 Å². The van der Waals surface area contributed by atoms with E-state index >= 15 is 0 Å². The second kappa shape index (κ2) is 7.86. The summed E-state index contributed by atoms with van der Waals surface area (Å²) < 4.78 is 6.26.